The van der Waals surface area contributed by atoms with Crippen molar-refractivity contribution < 1.29 is 17.9 Å². The van der Waals surface area contributed by atoms with E-state index in [1.165, 1.54) is 12.1 Å². The zero-order valence-electron chi connectivity index (χ0n) is 22.5. The lowest BCUT2D eigenvalue weighted by molar-refractivity contribution is 0.0579. The van der Waals surface area contributed by atoms with Crippen LogP contribution in [0.1, 0.15) is 41.8 Å². The molecule has 4 rings (SSSR count). The summed E-state index contributed by atoms with van der Waals surface area (Å²) in [7, 11) is -2.25. The van der Waals surface area contributed by atoms with E-state index in [1.807, 2.05) is 39.1 Å². The number of fused-ring (bicyclic) bond motifs is 4. The Morgan fingerprint density at radius 2 is 1.82 bits per heavy atom. The predicted octanol–water partition coefficient (Wildman–Crippen LogP) is 4.03. The van der Waals surface area contributed by atoms with E-state index in [-0.39, 0.29) is 35.3 Å². The standard InChI is InChI=1S/C28H35N5O4S/c1-18(2)14-22-17-37-25-16-24(26-19(3)8-6-9-20(26)4)30-28(31-25)32-38(35,36)23-11-7-10-21(15-23)27(34)33(22)13-12-29-5/h6-11,15-16,18,22,29H,12-14,17H2,1-5H3,(H,30,31,32)/t22-/m1/s1. The number of nitrogens with zero attached hydrogens (tertiary/aromatic N) is 3. The van der Waals surface area contributed by atoms with Crippen molar-refractivity contribution in [3.8, 4) is 17.1 Å². The van der Waals surface area contributed by atoms with Crippen LogP contribution in [0.3, 0.4) is 0 Å². The molecule has 1 aliphatic heterocycles. The second kappa shape index (κ2) is 11.5. The first-order valence-electron chi connectivity index (χ1n) is 12.8. The van der Waals surface area contributed by atoms with Gasteiger partial charge in [0.05, 0.1) is 16.6 Å². The van der Waals surface area contributed by atoms with Crippen molar-refractivity contribution in [3.63, 3.8) is 0 Å². The van der Waals surface area contributed by atoms with Gasteiger partial charge in [0.15, 0.2) is 0 Å². The number of aromatic nitrogens is 2. The van der Waals surface area contributed by atoms with Crippen molar-refractivity contribution in [1.82, 2.24) is 20.2 Å². The molecule has 4 bridgehead atoms. The number of amides is 1. The molecule has 0 fully saturated rings. The van der Waals surface area contributed by atoms with Crippen LogP contribution in [-0.4, -0.2) is 62.0 Å². The number of benzene rings is 2. The number of likely N-dealkylation sites (N-methyl/N-ethyl adjacent to an activating group) is 1. The number of sulfonamides is 1. The molecule has 2 heterocycles. The third-order valence-corrected chi connectivity index (χ3v) is 7.85. The van der Waals surface area contributed by atoms with Gasteiger partial charge >= 0.3 is 0 Å². The summed E-state index contributed by atoms with van der Waals surface area (Å²) in [6, 6.07) is 13.5. The van der Waals surface area contributed by atoms with E-state index >= 15 is 0 Å². The van der Waals surface area contributed by atoms with Crippen LogP contribution in [0.15, 0.2) is 53.4 Å². The van der Waals surface area contributed by atoms with Crippen LogP contribution in [0, 0.1) is 19.8 Å². The van der Waals surface area contributed by atoms with Gasteiger partial charge < -0.3 is 15.0 Å². The van der Waals surface area contributed by atoms with Gasteiger partial charge in [-0.05, 0) is 62.6 Å². The molecular weight excluding hydrogens is 502 g/mol. The summed E-state index contributed by atoms with van der Waals surface area (Å²) in [6.45, 7) is 9.37. The second-order valence-electron chi connectivity index (χ2n) is 10.0. The largest absolute Gasteiger partial charge is 0.475 e. The lowest BCUT2D eigenvalue weighted by atomic mass is 10.00. The van der Waals surface area contributed by atoms with Crippen LogP contribution < -0.4 is 14.8 Å². The monoisotopic (exact) mass is 537 g/mol. The Morgan fingerprint density at radius 1 is 1.11 bits per heavy atom. The average Bonchev–Trinajstić information content (AvgIpc) is 2.86. The normalized spacial score (nSPS) is 17.2. The number of nitrogens with one attached hydrogen (secondary N) is 2. The Hall–Kier alpha value is -3.50. The highest BCUT2D eigenvalue weighted by Crippen LogP contribution is 2.30. The van der Waals surface area contributed by atoms with Crippen LogP contribution in [0.2, 0.25) is 0 Å². The maximum Gasteiger partial charge on any atom is 0.264 e. The maximum atomic E-state index is 13.7. The molecule has 9 nitrogen and oxygen atoms in total. The molecule has 0 radical (unpaired) electrons. The highest BCUT2D eigenvalue weighted by atomic mass is 32.2. The third-order valence-electron chi connectivity index (χ3n) is 6.53. The molecule has 1 atom stereocenters. The average molecular weight is 538 g/mol. The quantitative estimate of drug-likeness (QED) is 0.488. The summed E-state index contributed by atoms with van der Waals surface area (Å²) in [5.74, 6) is 0.183. The van der Waals surface area contributed by atoms with Crippen molar-refractivity contribution in [3.05, 3.63) is 65.2 Å². The van der Waals surface area contributed by atoms with E-state index < -0.39 is 10.0 Å². The minimum absolute atomic E-state index is 0.0416. The molecule has 2 aromatic carbocycles. The van der Waals surface area contributed by atoms with E-state index in [0.29, 0.717) is 36.7 Å². The highest BCUT2D eigenvalue weighted by molar-refractivity contribution is 7.92. The Balaban J connectivity index is 1.89. The molecule has 1 aliphatic rings. The number of carbonyl (C=O) groups excluding carboxylic acids is 1. The van der Waals surface area contributed by atoms with Crippen molar-refractivity contribution in [2.45, 2.75) is 45.1 Å². The maximum absolute atomic E-state index is 13.7. The lowest BCUT2D eigenvalue weighted by Crippen LogP contribution is -2.47. The van der Waals surface area contributed by atoms with Crippen molar-refractivity contribution in [2.75, 3.05) is 31.5 Å². The fourth-order valence-electron chi connectivity index (χ4n) is 4.73. The van der Waals surface area contributed by atoms with Gasteiger partial charge in [-0.3, -0.25) is 4.79 Å². The van der Waals surface area contributed by atoms with E-state index in [1.54, 1.807) is 23.1 Å². The van der Waals surface area contributed by atoms with Crippen LogP contribution in [0.5, 0.6) is 5.88 Å². The minimum Gasteiger partial charge on any atom is -0.475 e. The summed E-state index contributed by atoms with van der Waals surface area (Å²) in [6.07, 6.45) is 0.702. The Morgan fingerprint density at radius 3 is 2.50 bits per heavy atom. The number of hydrogen-bond acceptors (Lipinski definition) is 7. The zero-order valence-corrected chi connectivity index (χ0v) is 23.3. The Bertz CT molecular complexity index is 1400. The molecule has 0 spiro atoms. The van der Waals surface area contributed by atoms with E-state index in [9.17, 15) is 13.2 Å². The highest BCUT2D eigenvalue weighted by Gasteiger charge is 2.28. The Labute approximate surface area is 224 Å². The van der Waals surface area contributed by atoms with Crippen molar-refractivity contribution in [2.24, 2.45) is 5.92 Å². The number of rotatable bonds is 6. The number of anilines is 1. The Kier molecular flexibility index (Phi) is 8.32. The van der Waals surface area contributed by atoms with E-state index in [2.05, 4.69) is 33.9 Å². The molecule has 2 N–H and O–H groups in total. The molecule has 1 amide bonds. The predicted molar refractivity (Wildman–Crippen MR) is 148 cm³/mol. The van der Waals surface area contributed by atoms with Gasteiger partial charge in [0.1, 0.15) is 6.61 Å². The molecule has 3 aromatic rings. The van der Waals surface area contributed by atoms with Gasteiger partial charge in [0, 0.05) is 30.3 Å². The number of aryl methyl sites for hydroxylation is 2. The van der Waals surface area contributed by atoms with E-state index in [4.69, 9.17) is 4.74 Å². The zero-order chi connectivity index (χ0) is 27.4. The smallest absolute Gasteiger partial charge is 0.264 e. The molecule has 0 aliphatic carbocycles. The summed E-state index contributed by atoms with van der Waals surface area (Å²) < 4.78 is 35.4. The summed E-state index contributed by atoms with van der Waals surface area (Å²) in [5, 5.41) is 3.11. The van der Waals surface area contributed by atoms with Crippen LogP contribution in [-0.2, 0) is 10.0 Å². The van der Waals surface area contributed by atoms with Crippen LogP contribution in [0.25, 0.3) is 11.3 Å². The number of ether oxygens (including phenoxy) is 1. The minimum atomic E-state index is -4.08. The molecule has 0 saturated heterocycles. The molecule has 0 unspecified atom stereocenters. The van der Waals surface area contributed by atoms with Crippen LogP contribution >= 0.6 is 0 Å². The van der Waals surface area contributed by atoms with Gasteiger partial charge in [-0.15, -0.1) is 0 Å². The first-order chi connectivity index (χ1) is 18.1. The third kappa shape index (κ3) is 6.14. The van der Waals surface area contributed by atoms with Crippen molar-refractivity contribution in [1.29, 1.82) is 0 Å². The second-order valence-corrected chi connectivity index (χ2v) is 11.7. The molecule has 10 heteroatoms. The summed E-state index contributed by atoms with van der Waals surface area (Å²) in [5.41, 5.74) is 3.72. The van der Waals surface area contributed by atoms with E-state index in [0.717, 1.165) is 16.7 Å². The molecule has 202 valence electrons. The van der Waals surface area contributed by atoms with Gasteiger partial charge in [0.25, 0.3) is 15.9 Å². The summed E-state index contributed by atoms with van der Waals surface area (Å²) >= 11 is 0. The molecule has 0 saturated carbocycles. The first kappa shape index (κ1) is 27.5. The molecular formula is C28H35N5O4S. The fraction of sp³-hybridized carbons (Fsp3) is 0.393. The SMILES string of the molecule is CNCCN1C(=O)c2cccc(c2)S(=O)(=O)Nc2nc(cc(-c3c(C)cccc3C)n2)OC[C@H]1CC(C)C. The lowest BCUT2D eigenvalue weighted by Gasteiger charge is -2.33. The van der Waals surface area contributed by atoms with Crippen molar-refractivity contribution >= 4 is 21.9 Å². The number of hydrogen-bond donors (Lipinski definition) is 2. The molecule has 1 aromatic heterocycles. The fourth-order valence-corrected chi connectivity index (χ4v) is 5.71. The number of carbonyl (C=O) groups is 1. The van der Waals surface area contributed by atoms with Crippen LogP contribution in [0.4, 0.5) is 5.95 Å². The molecule has 38 heavy (non-hydrogen) atoms. The van der Waals surface area contributed by atoms with Gasteiger partial charge in [-0.2, -0.15) is 4.98 Å². The first-order valence-corrected chi connectivity index (χ1v) is 14.2. The summed E-state index contributed by atoms with van der Waals surface area (Å²) in [4.78, 5) is 24.4. The topological polar surface area (TPSA) is 114 Å². The van der Waals surface area contributed by atoms with Gasteiger partial charge in [-0.1, -0.05) is 38.1 Å². The van der Waals surface area contributed by atoms with Gasteiger partial charge in [-0.25, -0.2) is 18.1 Å². The van der Waals surface area contributed by atoms with Gasteiger partial charge in [0.2, 0.25) is 11.8 Å².